The molecule has 0 unspecified atom stereocenters. The van der Waals surface area contributed by atoms with Crippen LogP contribution < -0.4 is 0 Å². The zero-order valence-electron chi connectivity index (χ0n) is 9.67. The molecule has 0 saturated heterocycles. The number of unbranched alkanes of at least 4 members (excludes halogenated alkanes) is 2. The van der Waals surface area contributed by atoms with Crippen LogP contribution in [0.4, 0.5) is 4.39 Å². The Bertz CT molecular complexity index is 231. The third-order valence-electron chi connectivity index (χ3n) is 2.04. The van der Waals surface area contributed by atoms with Crippen LogP contribution in [-0.2, 0) is 6.42 Å². The number of aryl methyl sites for hydroxylation is 1. The molecular weight excluding hydrogens is 191 g/mol. The van der Waals surface area contributed by atoms with Crippen LogP contribution in [0.2, 0.25) is 0 Å². The summed E-state index contributed by atoms with van der Waals surface area (Å²) in [6.45, 7) is 4.27. The van der Waals surface area contributed by atoms with Crippen molar-refractivity contribution in [3.8, 4) is 0 Å². The van der Waals surface area contributed by atoms with Gasteiger partial charge in [-0.05, 0) is 37.0 Å². The summed E-state index contributed by atoms with van der Waals surface area (Å²) in [4.78, 5) is 0. The van der Waals surface area contributed by atoms with E-state index in [0.29, 0.717) is 0 Å². The van der Waals surface area contributed by atoms with Gasteiger partial charge in [-0.3, -0.25) is 0 Å². The van der Waals surface area contributed by atoms with Gasteiger partial charge in [0.1, 0.15) is 5.82 Å². The Balaban J connectivity index is 0.000000921. The van der Waals surface area contributed by atoms with Crippen molar-refractivity contribution in [2.75, 3.05) is 6.61 Å². The van der Waals surface area contributed by atoms with Crippen LogP contribution in [0, 0.1) is 5.82 Å². The van der Waals surface area contributed by atoms with E-state index in [1.165, 1.54) is 17.7 Å². The Morgan fingerprint density at radius 3 is 2.13 bits per heavy atom. The molecule has 1 nitrogen and oxygen atoms in total. The number of halogens is 1. The fourth-order valence-electron chi connectivity index (χ4n) is 1.27. The van der Waals surface area contributed by atoms with E-state index in [4.69, 9.17) is 5.11 Å². The predicted molar refractivity (Wildman–Crippen MR) is 62.4 cm³/mol. The second-order valence-electron chi connectivity index (χ2n) is 3.16. The maximum Gasteiger partial charge on any atom is 0.123 e. The molecule has 15 heavy (non-hydrogen) atoms. The maximum absolute atomic E-state index is 12.5. The van der Waals surface area contributed by atoms with E-state index in [-0.39, 0.29) is 12.4 Å². The van der Waals surface area contributed by atoms with Gasteiger partial charge in [-0.1, -0.05) is 32.4 Å². The average molecular weight is 212 g/mol. The first kappa shape index (κ1) is 14.1. The molecule has 0 radical (unpaired) electrons. The summed E-state index contributed by atoms with van der Waals surface area (Å²) in [6, 6.07) is 6.60. The summed E-state index contributed by atoms with van der Waals surface area (Å²) < 4.78 is 12.5. The lowest BCUT2D eigenvalue weighted by Gasteiger charge is -2.00. The van der Waals surface area contributed by atoms with Crippen molar-refractivity contribution in [1.82, 2.24) is 0 Å². The lowest BCUT2D eigenvalue weighted by Crippen LogP contribution is -1.88. The highest BCUT2D eigenvalue weighted by molar-refractivity contribution is 5.15. The quantitative estimate of drug-likeness (QED) is 0.740. The molecular formula is C13H21FO. The minimum atomic E-state index is -0.181. The van der Waals surface area contributed by atoms with Crippen molar-refractivity contribution in [3.63, 3.8) is 0 Å². The van der Waals surface area contributed by atoms with Crippen molar-refractivity contribution >= 4 is 0 Å². The summed E-state index contributed by atoms with van der Waals surface area (Å²) >= 11 is 0. The van der Waals surface area contributed by atoms with Crippen LogP contribution in [-0.4, -0.2) is 11.7 Å². The van der Waals surface area contributed by atoms with E-state index in [1.54, 1.807) is 0 Å². The summed E-state index contributed by atoms with van der Waals surface area (Å²) in [5.41, 5.74) is 1.17. The smallest absolute Gasteiger partial charge is 0.123 e. The van der Waals surface area contributed by atoms with Crippen molar-refractivity contribution in [3.05, 3.63) is 35.6 Å². The van der Waals surface area contributed by atoms with Crippen LogP contribution in [0.1, 0.15) is 38.7 Å². The molecule has 0 aliphatic rings. The second-order valence-corrected chi connectivity index (χ2v) is 3.16. The molecule has 0 bridgehead atoms. The molecule has 0 aliphatic heterocycles. The molecule has 0 aromatic heterocycles. The molecule has 1 N–H and O–H groups in total. The molecule has 1 rings (SSSR count). The first-order valence-corrected chi connectivity index (χ1v) is 5.68. The lowest BCUT2D eigenvalue weighted by atomic mass is 10.1. The number of aliphatic hydroxyl groups excluding tert-OH is 1. The van der Waals surface area contributed by atoms with Gasteiger partial charge >= 0.3 is 0 Å². The molecule has 0 spiro atoms. The van der Waals surface area contributed by atoms with Gasteiger partial charge in [0.2, 0.25) is 0 Å². The number of hydrogen-bond acceptors (Lipinski definition) is 1. The second kappa shape index (κ2) is 9.66. The average Bonchev–Trinajstić information content (AvgIpc) is 2.30. The fourth-order valence-corrected chi connectivity index (χ4v) is 1.27. The third-order valence-corrected chi connectivity index (χ3v) is 2.04. The van der Waals surface area contributed by atoms with Gasteiger partial charge in [0, 0.05) is 6.61 Å². The van der Waals surface area contributed by atoms with Crippen LogP contribution in [0.15, 0.2) is 24.3 Å². The highest BCUT2D eigenvalue weighted by Crippen LogP contribution is 2.07. The van der Waals surface area contributed by atoms with Crippen molar-refractivity contribution in [2.24, 2.45) is 0 Å². The number of aliphatic hydroxyl groups is 1. The Kier molecular flexibility index (Phi) is 9.08. The minimum absolute atomic E-state index is 0.181. The van der Waals surface area contributed by atoms with Gasteiger partial charge < -0.3 is 5.11 Å². The van der Waals surface area contributed by atoms with Gasteiger partial charge in [-0.15, -0.1) is 0 Å². The molecule has 2 heteroatoms. The molecule has 0 atom stereocenters. The molecule has 1 aromatic rings. The SMILES string of the molecule is CC.OCCCCCc1ccc(F)cc1. The van der Waals surface area contributed by atoms with E-state index >= 15 is 0 Å². The summed E-state index contributed by atoms with van der Waals surface area (Å²) in [5.74, 6) is -0.181. The number of benzene rings is 1. The minimum Gasteiger partial charge on any atom is -0.396 e. The largest absolute Gasteiger partial charge is 0.396 e. The summed E-state index contributed by atoms with van der Waals surface area (Å²) in [7, 11) is 0. The van der Waals surface area contributed by atoms with Crippen LogP contribution >= 0.6 is 0 Å². The Labute approximate surface area is 92.0 Å². The molecule has 0 saturated carbocycles. The Hall–Kier alpha value is -0.890. The van der Waals surface area contributed by atoms with E-state index in [0.717, 1.165) is 25.7 Å². The highest BCUT2D eigenvalue weighted by Gasteiger charge is 1.93. The van der Waals surface area contributed by atoms with Crippen LogP contribution in [0.25, 0.3) is 0 Å². The van der Waals surface area contributed by atoms with Crippen molar-refractivity contribution in [2.45, 2.75) is 39.5 Å². The lowest BCUT2D eigenvalue weighted by molar-refractivity contribution is 0.283. The van der Waals surface area contributed by atoms with Gasteiger partial charge in [0.05, 0.1) is 0 Å². The monoisotopic (exact) mass is 212 g/mol. The van der Waals surface area contributed by atoms with Crippen molar-refractivity contribution < 1.29 is 9.50 Å². The summed E-state index contributed by atoms with van der Waals surface area (Å²) in [5, 5.41) is 8.55. The maximum atomic E-state index is 12.5. The number of hydrogen-bond donors (Lipinski definition) is 1. The van der Waals surface area contributed by atoms with Gasteiger partial charge in [0.25, 0.3) is 0 Å². The topological polar surface area (TPSA) is 20.2 Å². The molecule has 1 aromatic carbocycles. The first-order chi connectivity index (χ1) is 7.33. The normalized spacial score (nSPS) is 9.33. The summed E-state index contributed by atoms with van der Waals surface area (Å²) in [6.07, 6.45) is 3.93. The molecule has 0 amide bonds. The zero-order valence-corrected chi connectivity index (χ0v) is 9.67. The fraction of sp³-hybridized carbons (Fsp3) is 0.538. The third kappa shape index (κ3) is 7.09. The zero-order chi connectivity index (χ0) is 11.5. The molecule has 0 fully saturated rings. The Morgan fingerprint density at radius 1 is 1.00 bits per heavy atom. The van der Waals surface area contributed by atoms with E-state index in [9.17, 15) is 4.39 Å². The predicted octanol–water partition coefficient (Wildman–Crippen LogP) is 3.56. The standard InChI is InChI=1S/C11H15FO.C2H6/c12-11-7-5-10(6-8-11)4-2-1-3-9-13;1-2/h5-8,13H,1-4,9H2;1-2H3. The molecule has 86 valence electrons. The van der Waals surface area contributed by atoms with Gasteiger partial charge in [-0.2, -0.15) is 0 Å². The van der Waals surface area contributed by atoms with Crippen LogP contribution in [0.5, 0.6) is 0 Å². The first-order valence-electron chi connectivity index (χ1n) is 5.68. The highest BCUT2D eigenvalue weighted by atomic mass is 19.1. The van der Waals surface area contributed by atoms with Crippen molar-refractivity contribution in [1.29, 1.82) is 0 Å². The van der Waals surface area contributed by atoms with Crippen LogP contribution in [0.3, 0.4) is 0 Å². The van der Waals surface area contributed by atoms with Gasteiger partial charge in [0.15, 0.2) is 0 Å². The Morgan fingerprint density at radius 2 is 1.60 bits per heavy atom. The van der Waals surface area contributed by atoms with E-state index in [2.05, 4.69) is 0 Å². The number of rotatable bonds is 5. The van der Waals surface area contributed by atoms with Gasteiger partial charge in [-0.25, -0.2) is 4.39 Å². The molecule has 0 heterocycles. The van der Waals surface area contributed by atoms with E-state index < -0.39 is 0 Å². The molecule has 0 aliphatic carbocycles. The van der Waals surface area contributed by atoms with E-state index in [1.807, 2.05) is 26.0 Å².